The number of Topliss-reactive ketones (excluding diaryl/α,β-unsaturated/α-hetero) is 2. The second-order valence-electron chi connectivity index (χ2n) is 9.07. The zero-order valence-electron chi connectivity index (χ0n) is 20.3. The van der Waals surface area contributed by atoms with E-state index in [1.54, 1.807) is 12.1 Å². The van der Waals surface area contributed by atoms with Gasteiger partial charge < -0.3 is 10.6 Å². The van der Waals surface area contributed by atoms with Gasteiger partial charge in [-0.25, -0.2) is 14.3 Å². The molecule has 1 heterocycles. The number of nitriles is 1. The van der Waals surface area contributed by atoms with Crippen LogP contribution >= 0.6 is 0 Å². The number of benzene rings is 2. The number of hydrogen-bond acceptors (Lipinski definition) is 5. The number of ketones is 2. The zero-order chi connectivity index (χ0) is 25.4. The molecule has 1 fully saturated rings. The smallest absolute Gasteiger partial charge is 0.209 e. The zero-order valence-corrected chi connectivity index (χ0v) is 20.3. The maximum absolute atomic E-state index is 13.1. The van der Waals surface area contributed by atoms with Gasteiger partial charge >= 0.3 is 0 Å². The highest BCUT2D eigenvalue weighted by molar-refractivity contribution is 6.01. The third-order valence-electron chi connectivity index (χ3n) is 6.37. The third kappa shape index (κ3) is 7.72. The Morgan fingerprint density at radius 2 is 1.71 bits per heavy atom. The number of guanidine groups is 1. The van der Waals surface area contributed by atoms with Gasteiger partial charge in [-0.1, -0.05) is 12.1 Å². The van der Waals surface area contributed by atoms with E-state index in [1.807, 2.05) is 12.1 Å². The standard InChI is InChI=1S/C27H32FN5O2/c1-19(34)23-15-24(20(2)35)17-26(16-23)31-27(30)33(18-29)11-3-10-32-12-8-22(9-13-32)14-21-4-6-25(28)7-5-21/h4-7,15-17,22H,3,8-14H2,1-2H3,(H2,30,31). The fourth-order valence-corrected chi connectivity index (χ4v) is 4.31. The van der Waals surface area contributed by atoms with Gasteiger partial charge in [-0.15, -0.1) is 0 Å². The molecule has 0 aliphatic carbocycles. The topological polar surface area (TPSA) is 103 Å². The van der Waals surface area contributed by atoms with Crippen LogP contribution in [0.3, 0.4) is 0 Å². The molecular weight excluding hydrogens is 445 g/mol. The summed E-state index contributed by atoms with van der Waals surface area (Å²) >= 11 is 0. The lowest BCUT2D eigenvalue weighted by atomic mass is 9.90. The van der Waals surface area contributed by atoms with E-state index in [0.29, 0.717) is 29.3 Å². The molecule has 184 valence electrons. The van der Waals surface area contributed by atoms with Gasteiger partial charge in [0.05, 0.1) is 5.69 Å². The van der Waals surface area contributed by atoms with Gasteiger partial charge in [0.25, 0.3) is 0 Å². The highest BCUT2D eigenvalue weighted by Crippen LogP contribution is 2.22. The molecule has 0 atom stereocenters. The van der Waals surface area contributed by atoms with E-state index in [2.05, 4.69) is 16.1 Å². The molecule has 3 rings (SSSR count). The number of hydrogen-bond donors (Lipinski definition) is 1. The Morgan fingerprint density at radius 1 is 1.11 bits per heavy atom. The summed E-state index contributed by atoms with van der Waals surface area (Å²) in [6.07, 6.45) is 5.97. The van der Waals surface area contributed by atoms with Crippen molar-refractivity contribution in [2.24, 2.45) is 16.6 Å². The Morgan fingerprint density at radius 3 is 2.26 bits per heavy atom. The molecule has 0 bridgehead atoms. The maximum Gasteiger partial charge on any atom is 0.209 e. The highest BCUT2D eigenvalue weighted by atomic mass is 19.1. The summed E-state index contributed by atoms with van der Waals surface area (Å²) in [7, 11) is 0. The molecule has 1 saturated heterocycles. The van der Waals surface area contributed by atoms with Crippen LogP contribution in [0.4, 0.5) is 10.1 Å². The van der Waals surface area contributed by atoms with Crippen LogP contribution in [0.15, 0.2) is 47.5 Å². The van der Waals surface area contributed by atoms with Gasteiger partial charge in [0, 0.05) is 17.7 Å². The monoisotopic (exact) mass is 477 g/mol. The molecule has 1 aliphatic rings. The number of piperidine rings is 1. The summed E-state index contributed by atoms with van der Waals surface area (Å²) < 4.78 is 13.1. The van der Waals surface area contributed by atoms with E-state index in [-0.39, 0.29) is 23.3 Å². The fraction of sp³-hybridized carbons (Fsp3) is 0.407. The number of carbonyl (C=O) groups excluding carboxylic acids is 2. The second-order valence-corrected chi connectivity index (χ2v) is 9.07. The van der Waals surface area contributed by atoms with Gasteiger partial charge in [0.2, 0.25) is 5.96 Å². The van der Waals surface area contributed by atoms with E-state index >= 15 is 0 Å². The summed E-state index contributed by atoms with van der Waals surface area (Å²) in [5, 5.41) is 9.56. The number of aliphatic imine (C=N–C) groups is 1. The van der Waals surface area contributed by atoms with Crippen LogP contribution < -0.4 is 5.73 Å². The van der Waals surface area contributed by atoms with E-state index in [0.717, 1.165) is 45.3 Å². The van der Waals surface area contributed by atoms with Crippen molar-refractivity contribution in [3.63, 3.8) is 0 Å². The molecule has 0 saturated carbocycles. The van der Waals surface area contributed by atoms with Gasteiger partial charge in [-0.05, 0) is 101 Å². The number of rotatable bonds is 9. The summed E-state index contributed by atoms with van der Waals surface area (Å²) in [4.78, 5) is 31.6. The summed E-state index contributed by atoms with van der Waals surface area (Å²) in [6, 6.07) is 11.4. The van der Waals surface area contributed by atoms with Gasteiger partial charge in [0.15, 0.2) is 17.8 Å². The van der Waals surface area contributed by atoms with Crippen molar-refractivity contribution in [1.29, 1.82) is 5.26 Å². The van der Waals surface area contributed by atoms with Crippen molar-refractivity contribution < 1.29 is 14.0 Å². The highest BCUT2D eigenvalue weighted by Gasteiger charge is 2.20. The molecule has 0 spiro atoms. The summed E-state index contributed by atoms with van der Waals surface area (Å²) in [5.74, 6) is 0.0657. The average Bonchev–Trinajstić information content (AvgIpc) is 2.84. The minimum absolute atomic E-state index is 0.0284. The lowest BCUT2D eigenvalue weighted by molar-refractivity contribution is 0.101. The van der Waals surface area contributed by atoms with Crippen molar-refractivity contribution in [2.45, 2.75) is 39.5 Å². The predicted octanol–water partition coefficient (Wildman–Crippen LogP) is 4.30. The van der Waals surface area contributed by atoms with E-state index in [9.17, 15) is 19.2 Å². The number of nitrogens with two attached hydrogens (primary N) is 1. The Bertz CT molecular complexity index is 1080. The molecular formula is C27H32FN5O2. The van der Waals surface area contributed by atoms with Gasteiger partial charge in [-0.2, -0.15) is 5.26 Å². The minimum Gasteiger partial charge on any atom is -0.369 e. The number of halogens is 1. The second kappa shape index (κ2) is 12.2. The quantitative estimate of drug-likeness (QED) is 0.190. The minimum atomic E-state index is -0.203. The lowest BCUT2D eigenvalue weighted by Gasteiger charge is -2.32. The maximum atomic E-state index is 13.1. The first kappa shape index (κ1) is 26.0. The molecule has 35 heavy (non-hydrogen) atoms. The predicted molar refractivity (Wildman–Crippen MR) is 134 cm³/mol. The van der Waals surface area contributed by atoms with Gasteiger partial charge in [-0.3, -0.25) is 9.59 Å². The van der Waals surface area contributed by atoms with E-state index in [1.165, 1.54) is 42.5 Å². The van der Waals surface area contributed by atoms with Crippen molar-refractivity contribution in [3.8, 4) is 6.19 Å². The Balaban J connectivity index is 1.50. The molecule has 0 aromatic heterocycles. The molecule has 0 unspecified atom stereocenters. The molecule has 0 radical (unpaired) electrons. The van der Waals surface area contributed by atoms with Crippen molar-refractivity contribution in [1.82, 2.24) is 9.80 Å². The van der Waals surface area contributed by atoms with Crippen LogP contribution in [0.1, 0.15) is 59.4 Å². The first-order chi connectivity index (χ1) is 16.7. The molecule has 1 aliphatic heterocycles. The first-order valence-corrected chi connectivity index (χ1v) is 11.9. The van der Waals surface area contributed by atoms with Crippen LogP contribution in [-0.4, -0.2) is 53.5 Å². The van der Waals surface area contributed by atoms with Crippen LogP contribution in [0.25, 0.3) is 0 Å². The molecule has 8 heteroatoms. The number of nitrogens with zero attached hydrogens (tertiary/aromatic N) is 4. The largest absolute Gasteiger partial charge is 0.369 e. The number of carbonyl (C=O) groups is 2. The fourth-order valence-electron chi connectivity index (χ4n) is 4.31. The first-order valence-electron chi connectivity index (χ1n) is 11.9. The van der Waals surface area contributed by atoms with Gasteiger partial charge in [0.1, 0.15) is 5.82 Å². The average molecular weight is 478 g/mol. The number of likely N-dealkylation sites (tertiary alicyclic amines) is 1. The Hall–Kier alpha value is -3.57. The van der Waals surface area contributed by atoms with Crippen molar-refractivity contribution in [2.75, 3.05) is 26.2 Å². The molecule has 2 N–H and O–H groups in total. The van der Waals surface area contributed by atoms with Crippen LogP contribution in [0, 0.1) is 23.2 Å². The van der Waals surface area contributed by atoms with E-state index in [4.69, 9.17) is 5.73 Å². The molecule has 7 nitrogen and oxygen atoms in total. The summed E-state index contributed by atoms with van der Waals surface area (Å²) in [6.45, 7) is 6.10. The third-order valence-corrected chi connectivity index (χ3v) is 6.37. The SMILES string of the molecule is CC(=O)c1cc(N=C(N)N(C#N)CCCN2CCC(Cc3ccc(F)cc3)CC2)cc(C(C)=O)c1. The molecule has 2 aromatic carbocycles. The summed E-state index contributed by atoms with van der Waals surface area (Å²) in [5.41, 5.74) is 8.36. The van der Waals surface area contributed by atoms with E-state index < -0.39 is 0 Å². The van der Waals surface area contributed by atoms with Crippen LogP contribution in [-0.2, 0) is 6.42 Å². The Labute approximate surface area is 206 Å². The lowest BCUT2D eigenvalue weighted by Crippen LogP contribution is -2.38. The van der Waals surface area contributed by atoms with Crippen LogP contribution in [0.2, 0.25) is 0 Å². The molecule has 0 amide bonds. The Kier molecular flexibility index (Phi) is 9.10. The van der Waals surface area contributed by atoms with Crippen LogP contribution in [0.5, 0.6) is 0 Å². The molecule has 2 aromatic rings. The van der Waals surface area contributed by atoms with Crippen molar-refractivity contribution >= 4 is 23.2 Å². The normalized spacial score (nSPS) is 15.0. The van der Waals surface area contributed by atoms with Crippen molar-refractivity contribution in [3.05, 3.63) is 65.0 Å².